The number of rotatable bonds is 4. The molecule has 1 aliphatic heterocycles. The van der Waals surface area contributed by atoms with Gasteiger partial charge in [-0.3, -0.25) is 0 Å². The van der Waals surface area contributed by atoms with Crippen molar-refractivity contribution in [2.45, 2.75) is 19.3 Å². The van der Waals surface area contributed by atoms with Crippen molar-refractivity contribution in [2.75, 3.05) is 6.61 Å². The van der Waals surface area contributed by atoms with E-state index in [0.717, 1.165) is 5.56 Å². The Morgan fingerprint density at radius 2 is 2.04 bits per heavy atom. The summed E-state index contributed by atoms with van der Waals surface area (Å²) in [6.45, 7) is 1.67. The molecule has 1 aromatic rings. The first kappa shape index (κ1) is 16.3. The van der Waals surface area contributed by atoms with Crippen molar-refractivity contribution in [1.29, 1.82) is 10.5 Å². The van der Waals surface area contributed by atoms with Crippen LogP contribution in [0.4, 0.5) is 0 Å². The monoisotopic (exact) mass is 308 g/mol. The molecule has 6 heteroatoms. The molecule has 6 nitrogen and oxygen atoms in total. The fourth-order valence-corrected chi connectivity index (χ4v) is 2.59. The van der Waals surface area contributed by atoms with Gasteiger partial charge in [0, 0.05) is 5.92 Å². The van der Waals surface area contributed by atoms with Crippen LogP contribution in [0.5, 0.6) is 0 Å². The van der Waals surface area contributed by atoms with Gasteiger partial charge >= 0.3 is 5.97 Å². The van der Waals surface area contributed by atoms with Gasteiger partial charge in [-0.25, -0.2) is 9.79 Å². The molecule has 2 N–H and O–H groups in total. The molecule has 2 rings (SSSR count). The van der Waals surface area contributed by atoms with Gasteiger partial charge in [-0.1, -0.05) is 30.3 Å². The summed E-state index contributed by atoms with van der Waals surface area (Å²) in [5.41, 5.74) is 7.43. The average Bonchev–Trinajstić information content (AvgIpc) is 2.55. The van der Waals surface area contributed by atoms with E-state index < -0.39 is 17.8 Å². The number of carbonyl (C=O) groups is 1. The third-order valence-electron chi connectivity index (χ3n) is 3.61. The Morgan fingerprint density at radius 3 is 2.65 bits per heavy atom. The molecule has 0 saturated carbocycles. The molecule has 23 heavy (non-hydrogen) atoms. The molecule has 2 unspecified atom stereocenters. The number of carbonyl (C=O) groups excluding carboxylic acids is 1. The maximum absolute atomic E-state index is 12.4. The highest BCUT2D eigenvalue weighted by atomic mass is 16.5. The molecule has 116 valence electrons. The lowest BCUT2D eigenvalue weighted by atomic mass is 9.78. The minimum atomic E-state index is -0.736. The van der Waals surface area contributed by atoms with Crippen molar-refractivity contribution in [3.05, 3.63) is 47.2 Å². The van der Waals surface area contributed by atoms with Crippen LogP contribution in [-0.2, 0) is 9.53 Å². The van der Waals surface area contributed by atoms with Crippen molar-refractivity contribution in [3.63, 3.8) is 0 Å². The van der Waals surface area contributed by atoms with Crippen LogP contribution in [0.3, 0.4) is 0 Å². The molecule has 2 atom stereocenters. The Kier molecular flexibility index (Phi) is 5.11. The molecule has 0 saturated heterocycles. The van der Waals surface area contributed by atoms with Gasteiger partial charge in [-0.05, 0) is 12.5 Å². The molecule has 1 aromatic carbocycles. The van der Waals surface area contributed by atoms with Crippen molar-refractivity contribution in [3.8, 4) is 12.1 Å². The molecular formula is C17H16N4O2. The summed E-state index contributed by atoms with van der Waals surface area (Å²) in [5, 5.41) is 18.0. The SMILES string of the molecule is CC1=C(C(=O)OCCC#N)C(c2ccccc2)C(C#N)C(N)=N1. The van der Waals surface area contributed by atoms with E-state index in [1.54, 1.807) is 6.92 Å². The summed E-state index contributed by atoms with van der Waals surface area (Å²) in [7, 11) is 0. The number of nitrogens with zero attached hydrogens (tertiary/aromatic N) is 3. The highest BCUT2D eigenvalue weighted by Crippen LogP contribution is 2.38. The largest absolute Gasteiger partial charge is 0.461 e. The number of amidine groups is 1. The molecule has 0 radical (unpaired) electrons. The lowest BCUT2D eigenvalue weighted by molar-refractivity contribution is -0.139. The van der Waals surface area contributed by atoms with E-state index in [1.165, 1.54) is 0 Å². The van der Waals surface area contributed by atoms with E-state index in [-0.39, 0.29) is 18.9 Å². The quantitative estimate of drug-likeness (QED) is 0.675. The summed E-state index contributed by atoms with van der Waals surface area (Å²) in [6, 6.07) is 13.2. The van der Waals surface area contributed by atoms with Gasteiger partial charge in [0.05, 0.1) is 29.8 Å². The van der Waals surface area contributed by atoms with Gasteiger partial charge in [-0.15, -0.1) is 0 Å². The van der Waals surface area contributed by atoms with E-state index in [2.05, 4.69) is 11.1 Å². The molecule has 0 aliphatic carbocycles. The molecule has 1 heterocycles. The number of benzene rings is 1. The molecule has 0 bridgehead atoms. The van der Waals surface area contributed by atoms with Crippen molar-refractivity contribution >= 4 is 11.8 Å². The van der Waals surface area contributed by atoms with Crippen LogP contribution in [0.2, 0.25) is 0 Å². The molecule has 0 aromatic heterocycles. The number of ether oxygens (including phenoxy) is 1. The topological polar surface area (TPSA) is 112 Å². The van der Waals surface area contributed by atoms with E-state index in [1.807, 2.05) is 36.4 Å². The third-order valence-corrected chi connectivity index (χ3v) is 3.61. The van der Waals surface area contributed by atoms with Gasteiger partial charge in [0.15, 0.2) is 0 Å². The average molecular weight is 308 g/mol. The number of hydrogen-bond donors (Lipinski definition) is 1. The zero-order valence-corrected chi connectivity index (χ0v) is 12.7. The lowest BCUT2D eigenvalue weighted by Gasteiger charge is -2.28. The predicted octanol–water partition coefficient (Wildman–Crippen LogP) is 2.01. The summed E-state index contributed by atoms with van der Waals surface area (Å²) < 4.78 is 5.13. The number of nitrogens with two attached hydrogens (primary N) is 1. The maximum atomic E-state index is 12.4. The third kappa shape index (κ3) is 3.38. The molecule has 0 spiro atoms. The van der Waals surface area contributed by atoms with Crippen molar-refractivity contribution in [2.24, 2.45) is 16.6 Å². The van der Waals surface area contributed by atoms with Crippen LogP contribution < -0.4 is 5.73 Å². The van der Waals surface area contributed by atoms with Gasteiger partial charge < -0.3 is 10.5 Å². The summed E-state index contributed by atoms with van der Waals surface area (Å²) in [6.07, 6.45) is 0.112. The van der Waals surface area contributed by atoms with Crippen LogP contribution >= 0.6 is 0 Å². The van der Waals surface area contributed by atoms with Gasteiger partial charge in [-0.2, -0.15) is 10.5 Å². The van der Waals surface area contributed by atoms with E-state index >= 15 is 0 Å². The second kappa shape index (κ2) is 7.24. The number of hydrogen-bond acceptors (Lipinski definition) is 6. The van der Waals surface area contributed by atoms with E-state index in [0.29, 0.717) is 11.3 Å². The first-order valence-corrected chi connectivity index (χ1v) is 7.13. The minimum Gasteiger partial charge on any atom is -0.461 e. The molecule has 1 aliphatic rings. The summed E-state index contributed by atoms with van der Waals surface area (Å²) >= 11 is 0. The normalized spacial score (nSPS) is 20.2. The summed E-state index contributed by atoms with van der Waals surface area (Å²) in [5.74, 6) is -1.65. The van der Waals surface area contributed by atoms with Gasteiger partial charge in [0.2, 0.25) is 0 Å². The Balaban J connectivity index is 2.45. The number of nitriles is 2. The van der Waals surface area contributed by atoms with Crippen LogP contribution in [0.15, 0.2) is 46.6 Å². The zero-order chi connectivity index (χ0) is 16.8. The maximum Gasteiger partial charge on any atom is 0.336 e. The fraction of sp³-hybridized carbons (Fsp3) is 0.294. The van der Waals surface area contributed by atoms with Crippen molar-refractivity contribution in [1.82, 2.24) is 0 Å². The Bertz CT molecular complexity index is 738. The predicted molar refractivity (Wildman–Crippen MR) is 83.8 cm³/mol. The van der Waals surface area contributed by atoms with Gasteiger partial charge in [0.25, 0.3) is 0 Å². The standard InChI is InChI=1S/C17H16N4O2/c1-11-14(17(22)23-9-5-8-18)15(12-6-3-2-4-7-12)13(10-19)16(20)21-11/h2-4,6-7,13,15H,5,9H2,1H3,(H2,20,21). The first-order chi connectivity index (χ1) is 11.1. The number of aliphatic imine (C=N–C) groups is 1. The van der Waals surface area contributed by atoms with Crippen LogP contribution in [0.25, 0.3) is 0 Å². The highest BCUT2D eigenvalue weighted by molar-refractivity contribution is 5.97. The Labute approximate surface area is 134 Å². The molecule has 0 amide bonds. The first-order valence-electron chi connectivity index (χ1n) is 7.13. The zero-order valence-electron chi connectivity index (χ0n) is 12.7. The van der Waals surface area contributed by atoms with Crippen LogP contribution in [0, 0.1) is 28.6 Å². The smallest absolute Gasteiger partial charge is 0.336 e. The molecular weight excluding hydrogens is 292 g/mol. The number of esters is 1. The summed E-state index contributed by atoms with van der Waals surface area (Å²) in [4.78, 5) is 16.6. The minimum absolute atomic E-state index is 0.00401. The lowest BCUT2D eigenvalue weighted by Crippen LogP contribution is -2.35. The number of allylic oxidation sites excluding steroid dienone is 1. The van der Waals surface area contributed by atoms with Crippen molar-refractivity contribution < 1.29 is 9.53 Å². The van der Waals surface area contributed by atoms with Crippen LogP contribution in [0.1, 0.15) is 24.8 Å². The second-order valence-electron chi connectivity index (χ2n) is 5.07. The fourth-order valence-electron chi connectivity index (χ4n) is 2.59. The Hall–Kier alpha value is -3.12. The molecule has 0 fully saturated rings. The van der Waals surface area contributed by atoms with E-state index in [4.69, 9.17) is 15.7 Å². The van der Waals surface area contributed by atoms with Crippen LogP contribution in [-0.4, -0.2) is 18.4 Å². The van der Waals surface area contributed by atoms with Gasteiger partial charge in [0.1, 0.15) is 18.4 Å². The van der Waals surface area contributed by atoms with E-state index in [9.17, 15) is 10.1 Å². The Morgan fingerprint density at radius 1 is 1.35 bits per heavy atom. The second-order valence-corrected chi connectivity index (χ2v) is 5.07. The highest BCUT2D eigenvalue weighted by Gasteiger charge is 2.38.